The van der Waals surface area contributed by atoms with Crippen molar-refractivity contribution in [2.45, 2.75) is 44.2 Å². The van der Waals surface area contributed by atoms with Gasteiger partial charge >= 0.3 is 0 Å². The smallest absolute Gasteiger partial charge is 0.257 e. The molecular weight excluding hydrogens is 415 g/mol. The molecule has 9 heteroatoms. The lowest BCUT2D eigenvalue weighted by Crippen LogP contribution is -2.40. The molecule has 168 valence electrons. The van der Waals surface area contributed by atoms with Crippen LogP contribution in [0.15, 0.2) is 29.1 Å². The molecule has 1 N–H and O–H groups in total. The summed E-state index contributed by atoms with van der Waals surface area (Å²) in [6.45, 7) is 2.19. The van der Waals surface area contributed by atoms with Crippen LogP contribution in [-0.2, 0) is 22.5 Å². The van der Waals surface area contributed by atoms with Crippen molar-refractivity contribution in [2.24, 2.45) is 0 Å². The highest BCUT2D eigenvalue weighted by Gasteiger charge is 2.35. The van der Waals surface area contributed by atoms with Crippen LogP contribution in [0.3, 0.4) is 0 Å². The predicted octanol–water partition coefficient (Wildman–Crippen LogP) is 1.60. The molecule has 2 amide bonds. The maximum Gasteiger partial charge on any atom is 0.257 e. The second-order valence-electron chi connectivity index (χ2n) is 8.60. The topological polar surface area (TPSA) is 95.6 Å². The number of aromatic nitrogens is 2. The van der Waals surface area contributed by atoms with Gasteiger partial charge in [0.15, 0.2) is 0 Å². The Balaban J connectivity index is 1.33. The summed E-state index contributed by atoms with van der Waals surface area (Å²) in [5, 5.41) is 0. The Morgan fingerprint density at radius 1 is 1.16 bits per heavy atom. The number of halogens is 1. The quantitative estimate of drug-likeness (QED) is 0.782. The van der Waals surface area contributed by atoms with Gasteiger partial charge in [0, 0.05) is 37.7 Å². The number of rotatable bonds is 3. The minimum absolute atomic E-state index is 0.00645. The van der Waals surface area contributed by atoms with Crippen molar-refractivity contribution >= 4 is 11.8 Å². The largest absolute Gasteiger partial charge is 0.368 e. The van der Waals surface area contributed by atoms with Crippen LogP contribution in [0, 0.1) is 5.82 Å². The van der Waals surface area contributed by atoms with Crippen molar-refractivity contribution in [1.29, 1.82) is 0 Å². The van der Waals surface area contributed by atoms with E-state index in [0.717, 1.165) is 12.8 Å². The zero-order valence-corrected chi connectivity index (χ0v) is 17.7. The van der Waals surface area contributed by atoms with E-state index in [1.54, 1.807) is 17.0 Å². The van der Waals surface area contributed by atoms with Crippen LogP contribution in [0.2, 0.25) is 0 Å². The van der Waals surface area contributed by atoms with Gasteiger partial charge in [0.2, 0.25) is 0 Å². The van der Waals surface area contributed by atoms with Gasteiger partial charge in [0.1, 0.15) is 17.7 Å². The van der Waals surface area contributed by atoms with E-state index in [0.29, 0.717) is 56.2 Å². The van der Waals surface area contributed by atoms with Crippen LogP contribution >= 0.6 is 0 Å². The summed E-state index contributed by atoms with van der Waals surface area (Å²) < 4.78 is 19.6. The summed E-state index contributed by atoms with van der Waals surface area (Å²) in [7, 11) is 0. The van der Waals surface area contributed by atoms with Crippen LogP contribution in [0.4, 0.5) is 4.39 Å². The maximum atomic E-state index is 14.1. The first-order chi connectivity index (χ1) is 15.5. The third-order valence-electron chi connectivity index (χ3n) is 6.58. The summed E-state index contributed by atoms with van der Waals surface area (Å²) in [6, 6.07) is 5.89. The standard InChI is InChI=1S/C23H25FN4O4/c24-17-5-2-1-4-15(17)22(30)28-10-8-16-18(13-28)25-20(26-21(16)29)14-7-9-27(12-14)23(31)19-6-3-11-32-19/h1-2,4-5,14,19H,3,6-13H2,(H,25,26,29)/t14-,19-/m1/s1. The van der Waals surface area contributed by atoms with Crippen molar-refractivity contribution in [3.05, 3.63) is 63.1 Å². The molecule has 1 aromatic carbocycles. The molecule has 2 atom stereocenters. The van der Waals surface area contributed by atoms with E-state index in [2.05, 4.69) is 9.97 Å². The number of hydrogen-bond donors (Lipinski definition) is 1. The third kappa shape index (κ3) is 3.81. The van der Waals surface area contributed by atoms with Crippen LogP contribution in [-0.4, -0.2) is 63.9 Å². The number of carbonyl (C=O) groups is 2. The van der Waals surface area contributed by atoms with E-state index in [4.69, 9.17) is 4.74 Å². The molecule has 2 aromatic rings. The molecule has 3 aliphatic rings. The lowest BCUT2D eigenvalue weighted by Gasteiger charge is -2.28. The van der Waals surface area contributed by atoms with E-state index in [1.807, 2.05) is 0 Å². The van der Waals surface area contributed by atoms with Crippen molar-refractivity contribution < 1.29 is 18.7 Å². The molecule has 0 radical (unpaired) electrons. The Morgan fingerprint density at radius 2 is 2.00 bits per heavy atom. The van der Waals surface area contributed by atoms with Gasteiger partial charge in [-0.15, -0.1) is 0 Å². The summed E-state index contributed by atoms with van der Waals surface area (Å²) in [6.07, 6.45) is 2.36. The van der Waals surface area contributed by atoms with Gasteiger partial charge in [-0.05, 0) is 37.8 Å². The third-order valence-corrected chi connectivity index (χ3v) is 6.58. The van der Waals surface area contributed by atoms with E-state index in [9.17, 15) is 18.8 Å². The number of ether oxygens (including phenoxy) is 1. The molecule has 2 saturated heterocycles. The summed E-state index contributed by atoms with van der Waals surface area (Å²) in [4.78, 5) is 49.0. The number of fused-ring (bicyclic) bond motifs is 1. The molecule has 0 unspecified atom stereocenters. The summed E-state index contributed by atoms with van der Waals surface area (Å²) >= 11 is 0. The zero-order valence-electron chi connectivity index (χ0n) is 17.7. The van der Waals surface area contributed by atoms with Crippen LogP contribution in [0.1, 0.15) is 52.6 Å². The molecule has 0 bridgehead atoms. The highest BCUT2D eigenvalue weighted by atomic mass is 19.1. The minimum atomic E-state index is -0.565. The summed E-state index contributed by atoms with van der Waals surface area (Å²) in [5.41, 5.74) is 0.923. The molecule has 32 heavy (non-hydrogen) atoms. The van der Waals surface area contributed by atoms with Crippen molar-refractivity contribution in [3.8, 4) is 0 Å². The molecule has 4 heterocycles. The highest BCUT2D eigenvalue weighted by Crippen LogP contribution is 2.28. The van der Waals surface area contributed by atoms with E-state index in [1.165, 1.54) is 17.0 Å². The SMILES string of the molecule is O=C(c1ccccc1F)N1CCc2c(nc([C@@H]3CCN(C(=O)[C@H]4CCCO4)C3)[nH]c2=O)C1. The average molecular weight is 440 g/mol. The molecule has 3 aliphatic heterocycles. The molecule has 0 spiro atoms. The highest BCUT2D eigenvalue weighted by molar-refractivity contribution is 5.94. The number of nitrogens with zero attached hydrogens (tertiary/aromatic N) is 3. The van der Waals surface area contributed by atoms with Gasteiger partial charge < -0.3 is 19.5 Å². The predicted molar refractivity (Wildman–Crippen MR) is 113 cm³/mol. The van der Waals surface area contributed by atoms with Gasteiger partial charge in [0.25, 0.3) is 17.4 Å². The molecule has 1 aromatic heterocycles. The van der Waals surface area contributed by atoms with E-state index in [-0.39, 0.29) is 35.6 Å². The van der Waals surface area contributed by atoms with Gasteiger partial charge in [-0.2, -0.15) is 0 Å². The van der Waals surface area contributed by atoms with Gasteiger partial charge in [-0.1, -0.05) is 12.1 Å². The number of benzene rings is 1. The molecule has 0 saturated carbocycles. The Kier molecular flexibility index (Phi) is 5.50. The number of likely N-dealkylation sites (tertiary alicyclic amines) is 1. The van der Waals surface area contributed by atoms with Crippen molar-refractivity contribution in [2.75, 3.05) is 26.2 Å². The number of carbonyl (C=O) groups excluding carboxylic acids is 2. The van der Waals surface area contributed by atoms with Gasteiger partial charge in [0.05, 0.1) is 17.8 Å². The average Bonchev–Trinajstić information content (AvgIpc) is 3.51. The number of hydrogen-bond acceptors (Lipinski definition) is 5. The fourth-order valence-corrected chi connectivity index (χ4v) is 4.79. The Labute approximate surface area is 184 Å². The van der Waals surface area contributed by atoms with E-state index >= 15 is 0 Å². The molecular formula is C23H25FN4O4. The van der Waals surface area contributed by atoms with Crippen LogP contribution in [0.25, 0.3) is 0 Å². The Morgan fingerprint density at radius 3 is 2.78 bits per heavy atom. The normalized spacial score (nSPS) is 22.8. The summed E-state index contributed by atoms with van der Waals surface area (Å²) in [5.74, 6) is -0.504. The molecule has 5 rings (SSSR count). The first-order valence-corrected chi connectivity index (χ1v) is 11.1. The molecule has 2 fully saturated rings. The van der Waals surface area contributed by atoms with Crippen molar-refractivity contribution in [1.82, 2.24) is 19.8 Å². The van der Waals surface area contributed by atoms with Gasteiger partial charge in [-0.3, -0.25) is 14.4 Å². The molecule has 8 nitrogen and oxygen atoms in total. The lowest BCUT2D eigenvalue weighted by atomic mass is 10.0. The number of amides is 2. The monoisotopic (exact) mass is 440 g/mol. The first kappa shape index (κ1) is 20.8. The number of H-pyrrole nitrogens is 1. The zero-order chi connectivity index (χ0) is 22.2. The second-order valence-corrected chi connectivity index (χ2v) is 8.60. The molecule has 0 aliphatic carbocycles. The van der Waals surface area contributed by atoms with Crippen LogP contribution in [0.5, 0.6) is 0 Å². The Hall–Kier alpha value is -3.07. The van der Waals surface area contributed by atoms with Gasteiger partial charge in [-0.25, -0.2) is 9.37 Å². The minimum Gasteiger partial charge on any atom is -0.368 e. The lowest BCUT2D eigenvalue weighted by molar-refractivity contribution is -0.139. The van der Waals surface area contributed by atoms with E-state index < -0.39 is 11.7 Å². The van der Waals surface area contributed by atoms with Crippen LogP contribution < -0.4 is 5.56 Å². The maximum absolute atomic E-state index is 14.1. The first-order valence-electron chi connectivity index (χ1n) is 11.1. The second kappa shape index (κ2) is 8.46. The number of nitrogens with one attached hydrogen (secondary N) is 1. The Bertz CT molecular complexity index is 1110. The fourth-order valence-electron chi connectivity index (χ4n) is 4.79. The van der Waals surface area contributed by atoms with Crippen molar-refractivity contribution in [3.63, 3.8) is 0 Å². The fraction of sp³-hybridized carbons (Fsp3) is 0.478. The number of aromatic amines is 1.